The predicted molar refractivity (Wildman–Crippen MR) is 172 cm³/mol. The van der Waals surface area contributed by atoms with Gasteiger partial charge in [-0.3, -0.25) is 19.7 Å². The Morgan fingerprint density at radius 3 is 2.02 bits per heavy atom. The highest BCUT2D eigenvalue weighted by molar-refractivity contribution is 5.97. The average Bonchev–Trinajstić information content (AvgIpc) is 3.04. The van der Waals surface area contributed by atoms with Crippen molar-refractivity contribution in [3.63, 3.8) is 0 Å². The van der Waals surface area contributed by atoms with Crippen molar-refractivity contribution in [3.05, 3.63) is 134 Å². The molecule has 5 rings (SSSR count). The SMILES string of the molecule is CC(=O)C1=C(C)NC(C)=C(N(C=O)CCCN2CCC(c3ccccc3)(c3ccccc3)CC2)C1c1ccc([N+](=O)[O-])cc1. The average molecular weight is 593 g/mol. The predicted octanol–water partition coefficient (Wildman–Crippen LogP) is 6.31. The fourth-order valence-electron chi connectivity index (χ4n) is 7.06. The van der Waals surface area contributed by atoms with E-state index in [9.17, 15) is 19.7 Å². The van der Waals surface area contributed by atoms with Crippen LogP contribution < -0.4 is 5.32 Å². The number of nitrogens with one attached hydrogen (secondary N) is 1. The molecule has 8 nitrogen and oxygen atoms in total. The van der Waals surface area contributed by atoms with Crippen LogP contribution in [0.4, 0.5) is 5.69 Å². The zero-order valence-electron chi connectivity index (χ0n) is 25.7. The molecular formula is C36H40N4O4. The van der Waals surface area contributed by atoms with Crippen LogP contribution in [0, 0.1) is 10.1 Å². The van der Waals surface area contributed by atoms with Gasteiger partial charge in [-0.25, -0.2) is 0 Å². The number of non-ortho nitro benzene ring substituents is 1. The molecule has 0 aliphatic carbocycles. The first-order chi connectivity index (χ1) is 21.2. The Balaban J connectivity index is 1.31. The summed E-state index contributed by atoms with van der Waals surface area (Å²) in [5.41, 5.74) is 6.17. The Bertz CT molecular complexity index is 1520. The normalized spacial score (nSPS) is 18.5. The molecule has 1 N–H and O–H groups in total. The van der Waals surface area contributed by atoms with Crippen LogP contribution >= 0.6 is 0 Å². The van der Waals surface area contributed by atoms with E-state index in [0.717, 1.165) is 62.3 Å². The molecule has 44 heavy (non-hydrogen) atoms. The third-order valence-electron chi connectivity index (χ3n) is 9.21. The Hall–Kier alpha value is -4.56. The van der Waals surface area contributed by atoms with Gasteiger partial charge >= 0.3 is 0 Å². The van der Waals surface area contributed by atoms with E-state index in [0.29, 0.717) is 17.8 Å². The minimum Gasteiger partial charge on any atom is -0.361 e. The highest BCUT2D eigenvalue weighted by Crippen LogP contribution is 2.42. The number of nitrogens with zero attached hydrogens (tertiary/aromatic N) is 3. The number of allylic oxidation sites excluding steroid dienone is 3. The molecule has 0 radical (unpaired) electrons. The lowest BCUT2D eigenvalue weighted by atomic mass is 9.68. The number of Topliss-reactive ketones (excluding diaryl/α,β-unsaturated/α-hetero) is 1. The molecular weight excluding hydrogens is 552 g/mol. The fourth-order valence-corrected chi connectivity index (χ4v) is 7.06. The maximum atomic E-state index is 12.9. The van der Waals surface area contributed by atoms with E-state index in [1.165, 1.54) is 30.2 Å². The first-order valence-corrected chi connectivity index (χ1v) is 15.2. The van der Waals surface area contributed by atoms with Crippen molar-refractivity contribution in [1.82, 2.24) is 15.1 Å². The standard InChI is InChI=1S/C36H40N4O4/c1-26-33(28(3)42)34(29-15-17-32(18-16-29)40(43)44)35(27(2)37-26)39(25-41)22-10-21-38-23-19-36(20-24-38,30-11-6-4-7-12-30)31-13-8-5-9-14-31/h4-9,11-18,25,34,37H,10,19-24H2,1-3H3. The number of hydrogen-bond donors (Lipinski definition) is 1. The van der Waals surface area contributed by atoms with Crippen LogP contribution in [0.15, 0.2) is 108 Å². The molecule has 0 bridgehead atoms. The molecule has 2 aliphatic rings. The fraction of sp³-hybridized carbons (Fsp3) is 0.333. The summed E-state index contributed by atoms with van der Waals surface area (Å²) in [5.74, 6) is -0.616. The number of carbonyl (C=O) groups is 2. The summed E-state index contributed by atoms with van der Waals surface area (Å²) >= 11 is 0. The summed E-state index contributed by atoms with van der Waals surface area (Å²) in [6.45, 7) is 8.52. The van der Waals surface area contributed by atoms with Gasteiger partial charge in [0.15, 0.2) is 5.78 Å². The molecule has 3 aromatic carbocycles. The molecule has 2 aliphatic heterocycles. The van der Waals surface area contributed by atoms with E-state index in [4.69, 9.17) is 0 Å². The van der Waals surface area contributed by atoms with E-state index in [1.807, 2.05) is 13.8 Å². The molecule has 1 saturated heterocycles. The number of benzene rings is 3. The Labute approximate surface area is 259 Å². The van der Waals surface area contributed by atoms with Crippen LogP contribution in [0.1, 0.15) is 62.6 Å². The number of likely N-dealkylation sites (tertiary alicyclic amines) is 1. The van der Waals surface area contributed by atoms with E-state index >= 15 is 0 Å². The van der Waals surface area contributed by atoms with Crippen LogP contribution in [-0.4, -0.2) is 53.1 Å². The van der Waals surface area contributed by atoms with E-state index < -0.39 is 10.8 Å². The lowest BCUT2D eigenvalue weighted by Crippen LogP contribution is -2.44. The van der Waals surface area contributed by atoms with Gasteiger partial charge in [-0.15, -0.1) is 0 Å². The number of nitro groups is 1. The maximum Gasteiger partial charge on any atom is 0.269 e. The third-order valence-corrected chi connectivity index (χ3v) is 9.21. The van der Waals surface area contributed by atoms with Crippen LogP contribution in [0.25, 0.3) is 0 Å². The number of amides is 1. The summed E-state index contributed by atoms with van der Waals surface area (Å²) in [5, 5.41) is 14.6. The lowest BCUT2D eigenvalue weighted by Gasteiger charge is -2.43. The van der Waals surface area contributed by atoms with Gasteiger partial charge in [-0.05, 0) is 76.4 Å². The number of nitro benzene ring substituents is 1. The number of hydrogen-bond acceptors (Lipinski definition) is 6. The molecule has 2 heterocycles. The van der Waals surface area contributed by atoms with Gasteiger partial charge < -0.3 is 15.1 Å². The van der Waals surface area contributed by atoms with Crippen molar-refractivity contribution in [2.45, 2.75) is 51.4 Å². The van der Waals surface area contributed by atoms with Gasteiger partial charge in [0.25, 0.3) is 5.69 Å². The molecule has 1 fully saturated rings. The van der Waals surface area contributed by atoms with Gasteiger partial charge in [0.1, 0.15) is 0 Å². The Morgan fingerprint density at radius 2 is 1.52 bits per heavy atom. The first kappa shape index (κ1) is 30.9. The second-order valence-corrected chi connectivity index (χ2v) is 11.8. The summed E-state index contributed by atoms with van der Waals surface area (Å²) in [6.07, 6.45) is 3.63. The Kier molecular flexibility index (Phi) is 9.40. The molecule has 1 unspecified atom stereocenters. The van der Waals surface area contributed by atoms with Gasteiger partial charge in [0.05, 0.1) is 16.5 Å². The largest absolute Gasteiger partial charge is 0.361 e. The van der Waals surface area contributed by atoms with Crippen molar-refractivity contribution in [3.8, 4) is 0 Å². The van der Waals surface area contributed by atoms with E-state index in [2.05, 4.69) is 70.9 Å². The number of ketones is 1. The second-order valence-electron chi connectivity index (χ2n) is 11.8. The highest BCUT2D eigenvalue weighted by Gasteiger charge is 2.38. The molecule has 3 aromatic rings. The number of dihydropyridines is 1. The Morgan fingerprint density at radius 1 is 0.955 bits per heavy atom. The molecule has 0 saturated carbocycles. The summed E-state index contributed by atoms with van der Waals surface area (Å²) in [4.78, 5) is 40.5. The van der Waals surface area contributed by atoms with Gasteiger partial charge in [0.2, 0.25) is 6.41 Å². The summed E-state index contributed by atoms with van der Waals surface area (Å²) in [7, 11) is 0. The second kappa shape index (κ2) is 13.4. The van der Waals surface area contributed by atoms with E-state index in [-0.39, 0.29) is 16.9 Å². The van der Waals surface area contributed by atoms with Crippen LogP contribution in [0.3, 0.4) is 0 Å². The van der Waals surface area contributed by atoms with Crippen molar-refractivity contribution >= 4 is 17.9 Å². The summed E-state index contributed by atoms with van der Waals surface area (Å²) < 4.78 is 0. The van der Waals surface area contributed by atoms with Gasteiger partial charge in [0, 0.05) is 41.1 Å². The van der Waals surface area contributed by atoms with E-state index in [1.54, 1.807) is 17.0 Å². The van der Waals surface area contributed by atoms with Crippen molar-refractivity contribution in [1.29, 1.82) is 0 Å². The van der Waals surface area contributed by atoms with Crippen molar-refractivity contribution < 1.29 is 14.5 Å². The smallest absolute Gasteiger partial charge is 0.269 e. The van der Waals surface area contributed by atoms with Gasteiger partial charge in [-0.2, -0.15) is 0 Å². The monoisotopic (exact) mass is 592 g/mol. The van der Waals surface area contributed by atoms with Crippen LogP contribution in [-0.2, 0) is 15.0 Å². The number of carbonyl (C=O) groups excluding carboxylic acids is 2. The molecule has 8 heteroatoms. The van der Waals surface area contributed by atoms with Gasteiger partial charge in [-0.1, -0.05) is 72.8 Å². The quantitative estimate of drug-likeness (QED) is 0.159. The first-order valence-electron chi connectivity index (χ1n) is 15.2. The van der Waals surface area contributed by atoms with Crippen LogP contribution in [0.5, 0.6) is 0 Å². The molecule has 1 amide bonds. The van der Waals surface area contributed by atoms with Crippen LogP contribution in [0.2, 0.25) is 0 Å². The molecule has 0 aromatic heterocycles. The van der Waals surface area contributed by atoms with Crippen molar-refractivity contribution in [2.24, 2.45) is 0 Å². The zero-order valence-corrected chi connectivity index (χ0v) is 25.7. The topological polar surface area (TPSA) is 95.8 Å². The molecule has 1 atom stereocenters. The molecule has 0 spiro atoms. The minimum absolute atomic E-state index is 0.0190. The molecule has 228 valence electrons. The highest BCUT2D eigenvalue weighted by atomic mass is 16.6. The summed E-state index contributed by atoms with van der Waals surface area (Å²) in [6, 6.07) is 27.8. The third kappa shape index (κ3) is 6.21. The lowest BCUT2D eigenvalue weighted by molar-refractivity contribution is -0.384. The number of piperidine rings is 1. The van der Waals surface area contributed by atoms with Crippen molar-refractivity contribution in [2.75, 3.05) is 26.2 Å². The maximum absolute atomic E-state index is 12.9. The zero-order chi connectivity index (χ0) is 31.3. The number of rotatable bonds is 11. The minimum atomic E-state index is -0.507.